The fourth-order valence-corrected chi connectivity index (χ4v) is 4.96. The Labute approximate surface area is 230 Å². The lowest BCUT2D eigenvalue weighted by Gasteiger charge is -2.26. The van der Waals surface area contributed by atoms with Gasteiger partial charge in [-0.15, -0.1) is 0 Å². The monoisotopic (exact) mass is 552 g/mol. The summed E-state index contributed by atoms with van der Waals surface area (Å²) in [5.74, 6) is -1.56. The third-order valence-electron chi connectivity index (χ3n) is 7.14. The molecule has 0 radical (unpaired) electrons. The summed E-state index contributed by atoms with van der Waals surface area (Å²) in [5, 5.41) is 11.3. The van der Waals surface area contributed by atoms with E-state index in [0.717, 1.165) is 25.0 Å². The number of aliphatic carboxylic acids is 1. The Hall–Kier alpha value is -4.14. The average Bonchev–Trinajstić information content (AvgIpc) is 2.96. The molecular formula is C31H31F3N2O4. The molecule has 40 heavy (non-hydrogen) atoms. The highest BCUT2D eigenvalue weighted by atomic mass is 19.4. The summed E-state index contributed by atoms with van der Waals surface area (Å²) in [6.07, 6.45) is 1.04. The van der Waals surface area contributed by atoms with Crippen LogP contribution in [0.1, 0.15) is 81.8 Å². The van der Waals surface area contributed by atoms with E-state index < -0.39 is 29.5 Å². The average molecular weight is 553 g/mol. The third kappa shape index (κ3) is 7.49. The molecule has 0 bridgehead atoms. The number of benzene rings is 3. The van der Waals surface area contributed by atoms with Crippen LogP contribution in [0.5, 0.6) is 0 Å². The smallest absolute Gasteiger partial charge is 0.416 e. The predicted octanol–water partition coefficient (Wildman–Crippen LogP) is 6.80. The minimum absolute atomic E-state index is 0.00790. The van der Waals surface area contributed by atoms with Crippen molar-refractivity contribution < 1.29 is 32.7 Å². The van der Waals surface area contributed by atoms with Gasteiger partial charge in [-0.1, -0.05) is 49.6 Å². The van der Waals surface area contributed by atoms with Gasteiger partial charge in [-0.3, -0.25) is 14.4 Å². The van der Waals surface area contributed by atoms with Gasteiger partial charge in [0.2, 0.25) is 0 Å². The first kappa shape index (κ1) is 28.9. The van der Waals surface area contributed by atoms with E-state index in [4.69, 9.17) is 5.11 Å². The van der Waals surface area contributed by atoms with Crippen molar-refractivity contribution >= 4 is 23.5 Å². The van der Waals surface area contributed by atoms with Crippen LogP contribution in [-0.4, -0.2) is 29.4 Å². The van der Waals surface area contributed by atoms with Crippen molar-refractivity contribution in [2.45, 2.75) is 57.2 Å². The molecule has 0 saturated heterocycles. The lowest BCUT2D eigenvalue weighted by Crippen LogP contribution is -2.31. The van der Waals surface area contributed by atoms with E-state index in [-0.39, 0.29) is 25.1 Å². The molecule has 0 heterocycles. The van der Waals surface area contributed by atoms with Crippen molar-refractivity contribution in [2.75, 3.05) is 11.4 Å². The fourth-order valence-electron chi connectivity index (χ4n) is 4.96. The topological polar surface area (TPSA) is 86.7 Å². The van der Waals surface area contributed by atoms with Crippen molar-refractivity contribution in [3.63, 3.8) is 0 Å². The highest BCUT2D eigenvalue weighted by Crippen LogP contribution is 2.34. The molecule has 0 aliphatic heterocycles. The maximum absolute atomic E-state index is 13.6. The lowest BCUT2D eigenvalue weighted by atomic mass is 9.84. The summed E-state index contributed by atoms with van der Waals surface area (Å²) in [6, 6.07) is 18.5. The molecule has 2 amide bonds. The van der Waals surface area contributed by atoms with Crippen molar-refractivity contribution in [1.82, 2.24) is 5.32 Å². The molecule has 4 rings (SSSR count). The summed E-state index contributed by atoms with van der Waals surface area (Å²) in [7, 11) is 0. The maximum Gasteiger partial charge on any atom is 0.416 e. The van der Waals surface area contributed by atoms with Crippen LogP contribution in [0.25, 0.3) is 0 Å². The summed E-state index contributed by atoms with van der Waals surface area (Å²) in [5.41, 5.74) is 1.75. The van der Waals surface area contributed by atoms with Crippen molar-refractivity contribution in [3.8, 4) is 0 Å². The van der Waals surface area contributed by atoms with Gasteiger partial charge >= 0.3 is 12.1 Å². The number of anilines is 1. The molecule has 0 atom stereocenters. The minimum Gasteiger partial charge on any atom is -0.481 e. The van der Waals surface area contributed by atoms with Gasteiger partial charge in [0.1, 0.15) is 0 Å². The Morgan fingerprint density at radius 1 is 0.875 bits per heavy atom. The summed E-state index contributed by atoms with van der Waals surface area (Å²) in [6.45, 7) is 0.0603. The molecule has 1 aliphatic rings. The lowest BCUT2D eigenvalue weighted by molar-refractivity contribution is -0.138. The summed E-state index contributed by atoms with van der Waals surface area (Å²) < 4.78 is 40.1. The molecule has 0 aromatic heterocycles. The van der Waals surface area contributed by atoms with Crippen LogP contribution in [0, 0.1) is 0 Å². The van der Waals surface area contributed by atoms with Crippen LogP contribution in [0.4, 0.5) is 18.9 Å². The number of rotatable bonds is 9. The van der Waals surface area contributed by atoms with Gasteiger partial charge < -0.3 is 15.3 Å². The van der Waals surface area contributed by atoms with E-state index in [9.17, 15) is 27.6 Å². The summed E-state index contributed by atoms with van der Waals surface area (Å²) >= 11 is 0. The van der Waals surface area contributed by atoms with E-state index in [1.54, 1.807) is 24.3 Å². The molecule has 6 nitrogen and oxygen atoms in total. The van der Waals surface area contributed by atoms with E-state index in [1.807, 2.05) is 24.3 Å². The second kappa shape index (κ2) is 12.8. The first-order valence-electron chi connectivity index (χ1n) is 13.3. The van der Waals surface area contributed by atoms with Gasteiger partial charge in [0, 0.05) is 23.4 Å². The maximum atomic E-state index is 13.6. The Bertz CT molecular complexity index is 1330. The van der Waals surface area contributed by atoms with Crippen molar-refractivity contribution in [3.05, 3.63) is 101 Å². The Balaban J connectivity index is 1.58. The highest BCUT2D eigenvalue weighted by Gasteiger charge is 2.31. The zero-order valence-electron chi connectivity index (χ0n) is 21.9. The summed E-state index contributed by atoms with van der Waals surface area (Å²) in [4.78, 5) is 38.0. The molecule has 1 fully saturated rings. The molecule has 0 unspecified atom stereocenters. The fraction of sp³-hybridized carbons (Fsp3) is 0.323. The first-order chi connectivity index (χ1) is 19.1. The van der Waals surface area contributed by atoms with Gasteiger partial charge in [-0.25, -0.2) is 0 Å². The van der Waals surface area contributed by atoms with Gasteiger partial charge in [0.05, 0.1) is 18.5 Å². The van der Waals surface area contributed by atoms with Crippen LogP contribution in [0.15, 0.2) is 72.8 Å². The molecule has 1 saturated carbocycles. The zero-order chi connectivity index (χ0) is 28.7. The molecule has 3 aromatic carbocycles. The van der Waals surface area contributed by atoms with Crippen LogP contribution < -0.4 is 10.2 Å². The largest absolute Gasteiger partial charge is 0.481 e. The van der Waals surface area contributed by atoms with Crippen LogP contribution >= 0.6 is 0 Å². The molecule has 9 heteroatoms. The van der Waals surface area contributed by atoms with Gasteiger partial charge in [0.15, 0.2) is 0 Å². The van der Waals surface area contributed by atoms with E-state index >= 15 is 0 Å². The Kier molecular flexibility index (Phi) is 9.24. The number of carboxylic acid groups (broad SMARTS) is 1. The van der Waals surface area contributed by atoms with Crippen LogP contribution in [-0.2, 0) is 17.5 Å². The first-order valence-corrected chi connectivity index (χ1v) is 13.3. The SMILES string of the molecule is O=C(O)CCNC(=O)c1ccc(CN(C(=O)c2cccc(C(F)(F)F)c2)c2ccc(C3CCCCC3)cc2)cc1. The normalized spacial score (nSPS) is 14.0. The Morgan fingerprint density at radius 2 is 1.55 bits per heavy atom. The molecule has 2 N–H and O–H groups in total. The number of nitrogens with zero attached hydrogens (tertiary/aromatic N) is 1. The molecule has 0 spiro atoms. The third-order valence-corrected chi connectivity index (χ3v) is 7.14. The molecule has 3 aromatic rings. The van der Waals surface area contributed by atoms with Crippen molar-refractivity contribution in [1.29, 1.82) is 0 Å². The number of alkyl halides is 3. The highest BCUT2D eigenvalue weighted by molar-refractivity contribution is 6.06. The number of halogens is 3. The van der Waals surface area contributed by atoms with E-state index in [1.165, 1.54) is 41.9 Å². The number of carboxylic acids is 1. The van der Waals surface area contributed by atoms with Crippen molar-refractivity contribution in [2.24, 2.45) is 0 Å². The molecular weight excluding hydrogens is 521 g/mol. The van der Waals surface area contributed by atoms with E-state index in [2.05, 4.69) is 5.32 Å². The van der Waals surface area contributed by atoms with Gasteiger partial charge in [-0.05, 0) is 72.4 Å². The van der Waals surface area contributed by atoms with Gasteiger partial charge in [0.25, 0.3) is 11.8 Å². The quantitative estimate of drug-likeness (QED) is 0.306. The number of nitrogens with one attached hydrogen (secondary N) is 1. The Morgan fingerprint density at radius 3 is 2.17 bits per heavy atom. The number of hydrogen-bond donors (Lipinski definition) is 2. The molecule has 210 valence electrons. The number of carbonyl (C=O) groups excluding carboxylic acids is 2. The molecule has 1 aliphatic carbocycles. The van der Waals surface area contributed by atoms with Crippen LogP contribution in [0.3, 0.4) is 0 Å². The second-order valence-electron chi connectivity index (χ2n) is 9.99. The van der Waals surface area contributed by atoms with Gasteiger partial charge in [-0.2, -0.15) is 13.2 Å². The van der Waals surface area contributed by atoms with Crippen LogP contribution in [0.2, 0.25) is 0 Å². The zero-order valence-corrected chi connectivity index (χ0v) is 21.9. The minimum atomic E-state index is -4.58. The number of hydrogen-bond acceptors (Lipinski definition) is 3. The number of amides is 2. The predicted molar refractivity (Wildman–Crippen MR) is 145 cm³/mol. The number of carbonyl (C=O) groups is 3. The second-order valence-corrected chi connectivity index (χ2v) is 9.99. The van der Waals surface area contributed by atoms with E-state index in [0.29, 0.717) is 22.7 Å². The standard InChI is InChI=1S/C31H31F3N2O4/c32-31(33,34)26-8-4-7-25(19-26)30(40)36(27-15-13-23(14-16-27)22-5-2-1-3-6-22)20-21-9-11-24(12-10-21)29(39)35-18-17-28(37)38/h4,7-16,19,22H,1-3,5-6,17-18,20H2,(H,35,39)(H,37,38).